The number of piperidine rings is 2. The summed E-state index contributed by atoms with van der Waals surface area (Å²) in [5.41, 5.74) is 1.27. The first kappa shape index (κ1) is 42.0. The van der Waals surface area contributed by atoms with E-state index in [-0.39, 0.29) is 66.1 Å². The number of fused-ring (bicyclic) bond motifs is 4. The van der Waals surface area contributed by atoms with Crippen molar-refractivity contribution in [3.63, 3.8) is 0 Å². The SMILES string of the molecule is Cn1c(=O)n(C2CCC(=O)NC2=O)c2cccc(C#CCOC3(C)CCN(C[C@H]4CC[C@H](n5cc(NC(=O)c6cnn7ccc(N8C[C@H]9C[C@@H]8CO9)nc67)c(C(F)F)n5)CC4)CC3)c21. The summed E-state index contributed by atoms with van der Waals surface area (Å²) in [7, 11) is 1.66. The molecular weight excluding hydrogens is 829 g/mol. The van der Waals surface area contributed by atoms with Gasteiger partial charge in [-0.15, -0.1) is 0 Å². The van der Waals surface area contributed by atoms with Gasteiger partial charge in [-0.05, 0) is 82.4 Å². The van der Waals surface area contributed by atoms with Gasteiger partial charge in [-0.1, -0.05) is 17.9 Å². The zero-order valence-electron chi connectivity index (χ0n) is 35.8. The van der Waals surface area contributed by atoms with Gasteiger partial charge >= 0.3 is 5.69 Å². The minimum atomic E-state index is -2.87. The van der Waals surface area contributed by atoms with Crippen molar-refractivity contribution in [2.45, 2.75) is 101 Å². The monoisotopic (exact) mass is 879 g/mol. The maximum atomic E-state index is 14.3. The molecule has 1 saturated carbocycles. The number of hydrogen-bond donors (Lipinski definition) is 2. The number of rotatable bonds is 10. The fourth-order valence-electron chi connectivity index (χ4n) is 10.3. The van der Waals surface area contributed by atoms with Crippen molar-refractivity contribution in [2.75, 3.05) is 49.6 Å². The van der Waals surface area contributed by atoms with Gasteiger partial charge in [0.15, 0.2) is 11.3 Å². The Morgan fingerprint density at radius 3 is 2.64 bits per heavy atom. The second kappa shape index (κ2) is 16.9. The molecular formula is C45H51F2N11O6. The van der Waals surface area contributed by atoms with Crippen molar-refractivity contribution in [3.05, 3.63) is 70.2 Å². The number of nitrogens with one attached hydrogen (secondary N) is 2. The molecule has 4 aliphatic heterocycles. The number of hydrogen-bond acceptors (Lipinski definition) is 11. The van der Waals surface area contributed by atoms with Crippen molar-refractivity contribution in [1.29, 1.82) is 0 Å². The molecule has 5 aliphatic rings. The number of imide groups is 1. The van der Waals surface area contributed by atoms with Crippen LogP contribution in [-0.4, -0.2) is 113 Å². The van der Waals surface area contributed by atoms with Gasteiger partial charge in [-0.3, -0.25) is 33.5 Å². The lowest BCUT2D eigenvalue weighted by Gasteiger charge is -2.41. The number of amides is 3. The van der Waals surface area contributed by atoms with E-state index < -0.39 is 30.0 Å². The van der Waals surface area contributed by atoms with Gasteiger partial charge in [-0.25, -0.2) is 23.1 Å². The summed E-state index contributed by atoms with van der Waals surface area (Å²) in [6.07, 6.45) is 8.54. The highest BCUT2D eigenvalue weighted by atomic mass is 19.3. The Balaban J connectivity index is 0.711. The number of anilines is 2. The molecule has 2 bridgehead atoms. The number of carbonyl (C=O) groups excluding carboxylic acids is 3. The van der Waals surface area contributed by atoms with Gasteiger partial charge in [0.2, 0.25) is 11.8 Å². The molecule has 4 aromatic heterocycles. The molecule has 2 N–H and O–H groups in total. The molecule has 0 spiro atoms. The Labute approximate surface area is 367 Å². The summed E-state index contributed by atoms with van der Waals surface area (Å²) < 4.78 is 46.8. The van der Waals surface area contributed by atoms with Crippen LogP contribution in [0.3, 0.4) is 0 Å². The second-order valence-electron chi connectivity index (χ2n) is 18.1. The number of carbonyl (C=O) groups is 3. The van der Waals surface area contributed by atoms with Crippen LogP contribution in [0.2, 0.25) is 0 Å². The maximum absolute atomic E-state index is 14.3. The van der Waals surface area contributed by atoms with E-state index in [0.717, 1.165) is 76.9 Å². The normalized spacial score (nSPS) is 24.7. The van der Waals surface area contributed by atoms with Gasteiger partial charge in [0.25, 0.3) is 12.3 Å². The lowest BCUT2D eigenvalue weighted by atomic mass is 9.85. The number of halogens is 2. The van der Waals surface area contributed by atoms with Crippen LogP contribution in [0.5, 0.6) is 0 Å². The average molecular weight is 880 g/mol. The van der Waals surface area contributed by atoms with E-state index in [4.69, 9.17) is 14.5 Å². The van der Waals surface area contributed by atoms with E-state index >= 15 is 0 Å². The first-order valence-corrected chi connectivity index (χ1v) is 22.2. The molecule has 10 rings (SSSR count). The zero-order valence-corrected chi connectivity index (χ0v) is 35.8. The van der Waals surface area contributed by atoms with E-state index in [1.165, 1.54) is 26.0 Å². The number of aromatic nitrogens is 7. The highest BCUT2D eigenvalue weighted by Gasteiger charge is 2.40. The largest absolute Gasteiger partial charge is 0.374 e. The number of nitrogens with zero attached hydrogens (tertiary/aromatic N) is 9. The third-order valence-electron chi connectivity index (χ3n) is 14.0. The Morgan fingerprint density at radius 1 is 1.09 bits per heavy atom. The maximum Gasteiger partial charge on any atom is 0.329 e. The summed E-state index contributed by atoms with van der Waals surface area (Å²) in [5, 5.41) is 13.6. The van der Waals surface area contributed by atoms with Crippen LogP contribution in [0, 0.1) is 17.8 Å². The predicted octanol–water partition coefficient (Wildman–Crippen LogP) is 4.38. The van der Waals surface area contributed by atoms with Gasteiger partial charge in [0.05, 0.1) is 58.9 Å². The molecule has 8 heterocycles. The summed E-state index contributed by atoms with van der Waals surface area (Å²) in [6, 6.07) is 6.72. The van der Waals surface area contributed by atoms with Gasteiger partial charge in [-0.2, -0.15) is 10.2 Å². The Morgan fingerprint density at radius 2 is 1.91 bits per heavy atom. The topological polar surface area (TPSA) is 175 Å². The van der Waals surface area contributed by atoms with Gasteiger partial charge in [0, 0.05) is 52.0 Å². The molecule has 4 saturated heterocycles. The molecule has 19 heteroatoms. The molecule has 1 aliphatic carbocycles. The molecule has 64 heavy (non-hydrogen) atoms. The molecule has 17 nitrogen and oxygen atoms in total. The van der Waals surface area contributed by atoms with Crippen molar-refractivity contribution in [2.24, 2.45) is 13.0 Å². The molecule has 336 valence electrons. The summed E-state index contributed by atoms with van der Waals surface area (Å²) >= 11 is 0. The minimum absolute atomic E-state index is 0.0118. The highest BCUT2D eigenvalue weighted by Crippen LogP contribution is 2.37. The van der Waals surface area contributed by atoms with E-state index in [0.29, 0.717) is 34.8 Å². The quantitative estimate of drug-likeness (QED) is 0.151. The van der Waals surface area contributed by atoms with Crippen LogP contribution in [0.1, 0.15) is 105 Å². The Kier molecular flexibility index (Phi) is 11.1. The third-order valence-corrected chi connectivity index (χ3v) is 14.0. The number of likely N-dealkylation sites (tertiary alicyclic amines) is 1. The average Bonchev–Trinajstić information content (AvgIpc) is 4.14. The molecule has 3 amide bonds. The smallest absolute Gasteiger partial charge is 0.329 e. The number of para-hydroxylation sites is 1. The van der Waals surface area contributed by atoms with Crippen molar-refractivity contribution < 1.29 is 32.6 Å². The second-order valence-corrected chi connectivity index (χ2v) is 18.1. The van der Waals surface area contributed by atoms with E-state index in [9.17, 15) is 28.0 Å². The Bertz CT molecular complexity index is 2750. The predicted molar refractivity (Wildman–Crippen MR) is 230 cm³/mol. The fourth-order valence-corrected chi connectivity index (χ4v) is 10.3. The fraction of sp³-hybridized carbons (Fsp3) is 0.533. The van der Waals surface area contributed by atoms with Crippen molar-refractivity contribution in [3.8, 4) is 11.8 Å². The van der Waals surface area contributed by atoms with Crippen LogP contribution in [0.25, 0.3) is 16.7 Å². The van der Waals surface area contributed by atoms with Gasteiger partial charge in [0.1, 0.15) is 24.0 Å². The summed E-state index contributed by atoms with van der Waals surface area (Å²) in [4.78, 5) is 60.6. The number of ether oxygens (including phenoxy) is 2. The minimum Gasteiger partial charge on any atom is -0.374 e. The van der Waals surface area contributed by atoms with Crippen molar-refractivity contribution >= 4 is 45.9 Å². The number of imidazole rings is 1. The van der Waals surface area contributed by atoms with Crippen molar-refractivity contribution in [1.82, 2.24) is 43.7 Å². The van der Waals surface area contributed by atoms with Crippen LogP contribution in [0.15, 0.2) is 47.7 Å². The number of morpholine rings is 1. The summed E-state index contributed by atoms with van der Waals surface area (Å²) in [5.74, 6) is 6.14. The molecule has 5 fully saturated rings. The number of aryl methyl sites for hydroxylation is 1. The first-order chi connectivity index (χ1) is 30.9. The lowest BCUT2D eigenvalue weighted by molar-refractivity contribution is -0.135. The standard InChI is InChI=1S/C45H51F2N11O6/c1-45(64-20-4-6-28-5-3-7-34-39(28)53(2)44(62)58(34)35-12-13-37(59)51-43(35)61)15-18-54(19-16-45)23-27-8-10-29(11-9-27)57-25-33(38(52-57)40(46)47)49-42(60)32-22-48-56-17-14-36(50-41(32)56)55-24-31-21-30(55)26-63-31/h3,5,7,14,17,22,25,27,29-31,35,40H,8-13,15-16,18-21,23-24,26H2,1-2H3,(H,49,60)(H,51,59,61)/t27-,29-,30-,31-,35?/m1/s1. The molecule has 5 aromatic rings. The van der Waals surface area contributed by atoms with Crippen LogP contribution in [-0.2, 0) is 26.1 Å². The van der Waals surface area contributed by atoms with E-state index in [1.54, 1.807) is 24.0 Å². The number of benzene rings is 1. The Hall–Kier alpha value is -5.97. The van der Waals surface area contributed by atoms with Gasteiger partial charge < -0.3 is 24.6 Å². The highest BCUT2D eigenvalue weighted by molar-refractivity contribution is 6.08. The lowest BCUT2D eigenvalue weighted by Crippen LogP contribution is -2.46. The third kappa shape index (κ3) is 7.96. The first-order valence-electron chi connectivity index (χ1n) is 22.2. The van der Waals surface area contributed by atoms with E-state index in [1.807, 2.05) is 18.2 Å². The summed E-state index contributed by atoms with van der Waals surface area (Å²) in [6.45, 7) is 6.44. The zero-order chi connectivity index (χ0) is 44.3. The molecule has 3 atom stereocenters. The van der Waals surface area contributed by atoms with Crippen LogP contribution < -0.4 is 21.2 Å². The van der Waals surface area contributed by atoms with Crippen LogP contribution >= 0.6 is 0 Å². The molecule has 1 unspecified atom stereocenters. The van der Waals surface area contributed by atoms with Crippen LogP contribution in [0.4, 0.5) is 20.3 Å². The number of alkyl halides is 2. The molecule has 0 radical (unpaired) electrons. The molecule has 1 aromatic carbocycles. The van der Waals surface area contributed by atoms with E-state index in [2.05, 4.69) is 49.4 Å².